The first-order valence-electron chi connectivity index (χ1n) is 8.09. The summed E-state index contributed by atoms with van der Waals surface area (Å²) in [4.78, 5) is 11.7. The van der Waals surface area contributed by atoms with Gasteiger partial charge in [-0.2, -0.15) is 0 Å². The van der Waals surface area contributed by atoms with Crippen LogP contribution in [0.1, 0.15) is 66.2 Å². The predicted molar refractivity (Wildman–Crippen MR) is 80.7 cm³/mol. The van der Waals surface area contributed by atoms with Gasteiger partial charge in [0.25, 0.3) is 0 Å². The molecule has 20 heavy (non-hydrogen) atoms. The van der Waals surface area contributed by atoms with Crippen molar-refractivity contribution in [1.29, 1.82) is 0 Å². The number of carbonyl (C=O) groups is 1. The summed E-state index contributed by atoms with van der Waals surface area (Å²) in [7, 11) is 0. The number of hydrogen-bond donors (Lipinski definition) is 2. The van der Waals surface area contributed by atoms with Gasteiger partial charge in [-0.15, -0.1) is 0 Å². The molecule has 0 aromatic heterocycles. The molecule has 0 radical (unpaired) electrons. The molecular formula is C16H30N2O2. The highest BCUT2D eigenvalue weighted by atomic mass is 16.6. The number of rotatable bonds is 3. The van der Waals surface area contributed by atoms with E-state index in [1.165, 1.54) is 32.1 Å². The van der Waals surface area contributed by atoms with E-state index in [0.717, 1.165) is 12.3 Å². The molecule has 2 aliphatic rings. The quantitative estimate of drug-likeness (QED) is 0.782. The van der Waals surface area contributed by atoms with Gasteiger partial charge in [0.05, 0.1) is 0 Å². The van der Waals surface area contributed by atoms with Gasteiger partial charge in [-0.25, -0.2) is 4.79 Å². The van der Waals surface area contributed by atoms with Gasteiger partial charge in [0.1, 0.15) is 5.60 Å². The van der Waals surface area contributed by atoms with Crippen LogP contribution in [0.25, 0.3) is 0 Å². The lowest BCUT2D eigenvalue weighted by Crippen LogP contribution is -2.39. The zero-order valence-electron chi connectivity index (χ0n) is 13.4. The molecular weight excluding hydrogens is 252 g/mol. The van der Waals surface area contributed by atoms with Crippen molar-refractivity contribution in [3.05, 3.63) is 0 Å². The van der Waals surface area contributed by atoms with Crippen LogP contribution in [0.4, 0.5) is 4.79 Å². The highest BCUT2D eigenvalue weighted by Crippen LogP contribution is 2.27. The molecule has 0 spiro atoms. The fraction of sp³-hybridized carbons (Fsp3) is 0.938. The molecule has 0 heterocycles. The van der Waals surface area contributed by atoms with Crippen molar-refractivity contribution in [3.8, 4) is 0 Å². The smallest absolute Gasteiger partial charge is 0.407 e. The highest BCUT2D eigenvalue weighted by Gasteiger charge is 2.40. The summed E-state index contributed by atoms with van der Waals surface area (Å²) in [6.07, 6.45) is 7.32. The van der Waals surface area contributed by atoms with E-state index >= 15 is 0 Å². The number of nitrogens with one attached hydrogen (secondary N) is 2. The maximum atomic E-state index is 11.7. The number of ether oxygens (including phenoxy) is 1. The van der Waals surface area contributed by atoms with Crippen molar-refractivity contribution < 1.29 is 9.53 Å². The van der Waals surface area contributed by atoms with Crippen LogP contribution in [0.3, 0.4) is 0 Å². The van der Waals surface area contributed by atoms with Gasteiger partial charge in [-0.1, -0.05) is 19.8 Å². The average molecular weight is 282 g/mol. The molecule has 0 bridgehead atoms. The Bertz CT molecular complexity index is 338. The van der Waals surface area contributed by atoms with Gasteiger partial charge < -0.3 is 15.4 Å². The van der Waals surface area contributed by atoms with Gasteiger partial charge in [0, 0.05) is 18.1 Å². The minimum absolute atomic E-state index is 0.255. The van der Waals surface area contributed by atoms with Crippen LogP contribution in [0.15, 0.2) is 0 Å². The minimum atomic E-state index is -0.417. The molecule has 4 heteroatoms. The van der Waals surface area contributed by atoms with E-state index in [1.807, 2.05) is 20.8 Å². The molecule has 2 saturated carbocycles. The molecule has 116 valence electrons. The van der Waals surface area contributed by atoms with Gasteiger partial charge in [0.15, 0.2) is 0 Å². The lowest BCUT2D eigenvalue weighted by molar-refractivity contribution is 0.0521. The molecule has 4 nitrogen and oxygen atoms in total. The molecule has 0 saturated heterocycles. The molecule has 2 rings (SSSR count). The van der Waals surface area contributed by atoms with E-state index in [4.69, 9.17) is 4.74 Å². The van der Waals surface area contributed by atoms with E-state index in [-0.39, 0.29) is 12.1 Å². The van der Waals surface area contributed by atoms with Gasteiger partial charge in [-0.3, -0.25) is 0 Å². The Hall–Kier alpha value is -0.770. The Labute approximate surface area is 123 Å². The number of hydrogen-bond acceptors (Lipinski definition) is 3. The molecule has 0 aromatic carbocycles. The molecule has 4 atom stereocenters. The first-order valence-corrected chi connectivity index (χ1v) is 8.09. The largest absolute Gasteiger partial charge is 0.444 e. The topological polar surface area (TPSA) is 50.4 Å². The maximum absolute atomic E-state index is 11.7. The number of amides is 1. The Balaban J connectivity index is 1.66. The summed E-state index contributed by atoms with van der Waals surface area (Å²) in [5, 5.41) is 6.65. The molecule has 0 aliphatic heterocycles. The Morgan fingerprint density at radius 3 is 2.55 bits per heavy atom. The van der Waals surface area contributed by atoms with Crippen LogP contribution in [0.2, 0.25) is 0 Å². The molecule has 4 unspecified atom stereocenters. The first-order chi connectivity index (χ1) is 9.33. The molecule has 1 amide bonds. The lowest BCUT2D eigenvalue weighted by atomic mass is 10.0. The molecule has 2 aliphatic carbocycles. The third kappa shape index (κ3) is 5.31. The van der Waals surface area contributed by atoms with Crippen molar-refractivity contribution in [2.24, 2.45) is 5.92 Å². The van der Waals surface area contributed by atoms with E-state index in [0.29, 0.717) is 12.1 Å². The van der Waals surface area contributed by atoms with Gasteiger partial charge in [0.2, 0.25) is 0 Å². The van der Waals surface area contributed by atoms with Crippen molar-refractivity contribution >= 4 is 6.09 Å². The summed E-state index contributed by atoms with van der Waals surface area (Å²) < 4.78 is 5.28. The fourth-order valence-electron chi connectivity index (χ4n) is 2.95. The van der Waals surface area contributed by atoms with Crippen molar-refractivity contribution in [2.75, 3.05) is 0 Å². The van der Waals surface area contributed by atoms with Crippen molar-refractivity contribution in [2.45, 2.75) is 89.9 Å². The summed E-state index contributed by atoms with van der Waals surface area (Å²) in [5.74, 6) is 0.872. The van der Waals surface area contributed by atoms with E-state index < -0.39 is 5.60 Å². The van der Waals surface area contributed by atoms with Crippen LogP contribution in [-0.4, -0.2) is 29.8 Å². The Kier molecular flexibility index (Phi) is 4.95. The summed E-state index contributed by atoms with van der Waals surface area (Å²) >= 11 is 0. The lowest BCUT2D eigenvalue weighted by Gasteiger charge is -2.20. The van der Waals surface area contributed by atoms with E-state index in [2.05, 4.69) is 17.6 Å². The van der Waals surface area contributed by atoms with E-state index in [1.54, 1.807) is 0 Å². The zero-order valence-corrected chi connectivity index (χ0v) is 13.4. The average Bonchev–Trinajstić information content (AvgIpc) is 3.03. The minimum Gasteiger partial charge on any atom is -0.444 e. The number of alkyl carbamates (subject to hydrolysis) is 1. The van der Waals surface area contributed by atoms with E-state index in [9.17, 15) is 4.79 Å². The van der Waals surface area contributed by atoms with Gasteiger partial charge in [-0.05, 0) is 52.4 Å². The second-order valence-electron chi connectivity index (χ2n) is 7.57. The molecule has 0 aromatic rings. The maximum Gasteiger partial charge on any atom is 0.407 e. The second kappa shape index (κ2) is 6.33. The summed E-state index contributed by atoms with van der Waals surface area (Å²) in [6.45, 7) is 8.03. The third-order valence-corrected chi connectivity index (χ3v) is 4.20. The summed E-state index contributed by atoms with van der Waals surface area (Å²) in [6, 6.07) is 1.34. The zero-order chi connectivity index (χ0) is 14.8. The van der Waals surface area contributed by atoms with Crippen molar-refractivity contribution in [3.63, 3.8) is 0 Å². The van der Waals surface area contributed by atoms with Crippen LogP contribution in [-0.2, 0) is 4.74 Å². The molecule has 2 fully saturated rings. The standard InChI is InChI=1S/C16H30N2O2/c1-11-6-5-7-12(9-8-11)17-13-10-14(13)18-15(19)20-16(2,3)4/h11-14,17H,5-10H2,1-4H3,(H,18,19). The summed E-state index contributed by atoms with van der Waals surface area (Å²) in [5.41, 5.74) is -0.417. The highest BCUT2D eigenvalue weighted by molar-refractivity contribution is 5.68. The van der Waals surface area contributed by atoms with Crippen LogP contribution in [0, 0.1) is 5.92 Å². The Morgan fingerprint density at radius 1 is 1.10 bits per heavy atom. The van der Waals surface area contributed by atoms with Gasteiger partial charge >= 0.3 is 6.09 Å². The van der Waals surface area contributed by atoms with Crippen molar-refractivity contribution in [1.82, 2.24) is 10.6 Å². The number of carbonyl (C=O) groups excluding carboxylic acids is 1. The fourth-order valence-corrected chi connectivity index (χ4v) is 2.95. The third-order valence-electron chi connectivity index (χ3n) is 4.20. The van der Waals surface area contributed by atoms with Crippen LogP contribution in [0.5, 0.6) is 0 Å². The second-order valence-corrected chi connectivity index (χ2v) is 7.57. The Morgan fingerprint density at radius 2 is 1.85 bits per heavy atom. The first kappa shape index (κ1) is 15.6. The monoisotopic (exact) mass is 282 g/mol. The molecule has 2 N–H and O–H groups in total. The normalized spacial score (nSPS) is 34.2. The predicted octanol–water partition coefficient (Wildman–Crippen LogP) is 3.21. The SMILES string of the molecule is CC1CCCC(NC2CC2NC(=O)OC(C)(C)C)CC1. The van der Waals surface area contributed by atoms with Crippen LogP contribution >= 0.6 is 0 Å². The van der Waals surface area contributed by atoms with Crippen LogP contribution < -0.4 is 10.6 Å².